The second-order valence-corrected chi connectivity index (χ2v) is 14.6. The first-order chi connectivity index (χ1) is 18.5. The first kappa shape index (κ1) is 29.7. The van der Waals surface area contributed by atoms with Crippen LogP contribution in [0.25, 0.3) is 0 Å². The number of amides is 1. The van der Waals surface area contributed by atoms with Gasteiger partial charge in [-0.05, 0) is 42.0 Å². The predicted octanol–water partition coefficient (Wildman–Crippen LogP) is 3.03. The molecule has 3 N–H and O–H groups in total. The summed E-state index contributed by atoms with van der Waals surface area (Å²) in [6, 6.07) is 10.1. The smallest absolute Gasteiger partial charge is 0.286 e. The number of rotatable bonds is 7. The van der Waals surface area contributed by atoms with E-state index in [4.69, 9.17) is 11.6 Å². The molecule has 0 bridgehead atoms. The van der Waals surface area contributed by atoms with Crippen LogP contribution in [0.1, 0.15) is 49.5 Å². The number of sulfonamides is 2. The van der Waals surface area contributed by atoms with E-state index in [1.807, 2.05) is 20.8 Å². The average molecular weight is 609 g/mol. The van der Waals surface area contributed by atoms with Gasteiger partial charge in [-0.1, -0.05) is 45.0 Å². The molecule has 2 aromatic carbocycles. The highest BCUT2D eigenvalue weighted by atomic mass is 35.5. The number of hydrogen-bond acceptors (Lipinski definition) is 8. The molecule has 1 heterocycles. The Labute approximate surface area is 237 Å². The van der Waals surface area contributed by atoms with Crippen molar-refractivity contribution in [2.75, 3.05) is 22.2 Å². The van der Waals surface area contributed by atoms with Crippen molar-refractivity contribution in [3.8, 4) is 0 Å². The first-order valence-electron chi connectivity index (χ1n) is 12.3. The van der Waals surface area contributed by atoms with Gasteiger partial charge < -0.3 is 10.6 Å². The quantitative estimate of drug-likeness (QED) is 0.318. The molecule has 0 saturated heterocycles. The Kier molecular flexibility index (Phi) is 7.63. The molecule has 4 rings (SSSR count). The van der Waals surface area contributed by atoms with Crippen LogP contribution in [0, 0.1) is 11.3 Å². The molecular weight excluding hydrogens is 580 g/mol. The van der Waals surface area contributed by atoms with E-state index in [1.165, 1.54) is 18.2 Å². The lowest BCUT2D eigenvalue weighted by Crippen LogP contribution is -2.61. The van der Waals surface area contributed by atoms with E-state index >= 15 is 0 Å². The van der Waals surface area contributed by atoms with Crippen LogP contribution >= 0.6 is 11.6 Å². The van der Waals surface area contributed by atoms with E-state index in [-0.39, 0.29) is 33.7 Å². The molecule has 0 spiro atoms. The van der Waals surface area contributed by atoms with Crippen molar-refractivity contribution in [2.24, 2.45) is 15.7 Å². The molecule has 1 aliphatic heterocycles. The number of hydrogen-bond donors (Lipinski definition) is 3. The summed E-state index contributed by atoms with van der Waals surface area (Å²) in [5.74, 6) is -4.57. The molecule has 0 radical (unpaired) electrons. The third kappa shape index (κ3) is 5.77. The van der Waals surface area contributed by atoms with Crippen LogP contribution in [0.15, 0.2) is 51.8 Å². The molecule has 2 unspecified atom stereocenters. The van der Waals surface area contributed by atoms with Gasteiger partial charge in [0.15, 0.2) is 11.6 Å². The summed E-state index contributed by atoms with van der Waals surface area (Å²) in [6.07, 6.45) is 1.51. The maximum absolute atomic E-state index is 14.4. The van der Waals surface area contributed by atoms with E-state index in [0.29, 0.717) is 12.0 Å². The lowest BCUT2D eigenvalue weighted by atomic mass is 9.66. The molecule has 40 heavy (non-hydrogen) atoms. The minimum atomic E-state index is -4.47. The van der Waals surface area contributed by atoms with Gasteiger partial charge in [-0.2, -0.15) is 8.42 Å². The molecule has 11 nitrogen and oxygen atoms in total. The van der Waals surface area contributed by atoms with E-state index in [2.05, 4.69) is 19.8 Å². The molecule has 0 aromatic heterocycles. The number of alkyl halides is 1. The predicted molar refractivity (Wildman–Crippen MR) is 152 cm³/mol. The van der Waals surface area contributed by atoms with Crippen molar-refractivity contribution >= 4 is 66.3 Å². The Morgan fingerprint density at radius 2 is 1.82 bits per heavy atom. The van der Waals surface area contributed by atoms with Crippen LogP contribution in [-0.2, 0) is 35.2 Å². The molecule has 2 aromatic rings. The number of fused-ring (bicyclic) bond motifs is 2. The highest BCUT2D eigenvalue weighted by molar-refractivity contribution is 7.92. The van der Waals surface area contributed by atoms with Crippen molar-refractivity contribution in [2.45, 2.75) is 44.0 Å². The zero-order valence-electron chi connectivity index (χ0n) is 22.2. The van der Waals surface area contributed by atoms with Crippen LogP contribution in [0.4, 0.5) is 11.4 Å². The molecule has 1 amide bonds. The van der Waals surface area contributed by atoms with E-state index in [0.717, 1.165) is 12.3 Å². The van der Waals surface area contributed by atoms with Crippen LogP contribution in [-0.4, -0.2) is 52.3 Å². The number of nitrogens with one attached hydrogen (secondary N) is 3. The Hall–Kier alpha value is -3.29. The zero-order valence-corrected chi connectivity index (χ0v) is 24.6. The number of anilines is 2. The van der Waals surface area contributed by atoms with E-state index < -0.39 is 60.7 Å². The summed E-state index contributed by atoms with van der Waals surface area (Å²) >= 11 is 5.81. The van der Waals surface area contributed by atoms with Crippen molar-refractivity contribution in [1.29, 1.82) is 0 Å². The van der Waals surface area contributed by atoms with Gasteiger partial charge >= 0.3 is 0 Å². The Bertz CT molecular complexity index is 1660. The van der Waals surface area contributed by atoms with Gasteiger partial charge in [0.05, 0.1) is 11.9 Å². The Morgan fingerprint density at radius 3 is 2.45 bits per heavy atom. The van der Waals surface area contributed by atoms with Crippen molar-refractivity contribution < 1.29 is 31.2 Å². The fraction of sp³-hybridized carbons (Fsp3) is 0.385. The van der Waals surface area contributed by atoms with Crippen LogP contribution < -0.4 is 15.4 Å². The number of ketones is 2. The molecule has 1 aliphatic carbocycles. The number of Topliss-reactive ketones (excluding diaryl/α,β-unsaturated/α-hetero) is 2. The number of amidine groups is 1. The van der Waals surface area contributed by atoms with Gasteiger partial charge in [0.1, 0.15) is 28.1 Å². The third-order valence-corrected chi connectivity index (χ3v) is 8.82. The maximum atomic E-state index is 14.4. The SMILES string of the molecule is CC(C)(C)CCC1(NC(=O)CCl)C(=O)C(C2=NS(=O)(=O)c3cc(NS(C)(=O)=O)ccc3N2)C(=O)c2ccccc21. The normalized spacial score (nSPS) is 21.9. The summed E-state index contributed by atoms with van der Waals surface area (Å²) in [5.41, 5.74) is -1.48. The van der Waals surface area contributed by atoms with Gasteiger partial charge in [-0.3, -0.25) is 19.1 Å². The van der Waals surface area contributed by atoms with Crippen molar-refractivity contribution in [3.63, 3.8) is 0 Å². The van der Waals surface area contributed by atoms with E-state index in [1.54, 1.807) is 18.2 Å². The molecule has 0 fully saturated rings. The second kappa shape index (κ2) is 10.3. The number of benzene rings is 2. The van der Waals surface area contributed by atoms with Gasteiger partial charge in [-0.25, -0.2) is 8.42 Å². The summed E-state index contributed by atoms with van der Waals surface area (Å²) in [7, 11) is -8.15. The summed E-state index contributed by atoms with van der Waals surface area (Å²) < 4.78 is 55.7. The van der Waals surface area contributed by atoms with Crippen molar-refractivity contribution in [1.82, 2.24) is 5.32 Å². The van der Waals surface area contributed by atoms with Gasteiger partial charge in [-0.15, -0.1) is 16.0 Å². The van der Waals surface area contributed by atoms with E-state index in [9.17, 15) is 31.2 Å². The first-order valence-corrected chi connectivity index (χ1v) is 16.1. The third-order valence-electron chi connectivity index (χ3n) is 6.64. The van der Waals surface area contributed by atoms with Gasteiger partial charge in [0.25, 0.3) is 10.0 Å². The standard InChI is InChI=1S/C26H29ClN4O7S2/c1-25(2,3)11-12-26(29-20(32)14-27)17-8-6-5-7-16(17)22(33)21(23(26)34)24-28-18-10-9-15(30-39(4,35)36)13-19(18)40(37,38)31-24/h5-10,13,21,30H,11-12,14H2,1-4H3,(H,28,31)(H,29,32). The number of halogens is 1. The molecule has 214 valence electrons. The summed E-state index contributed by atoms with van der Waals surface area (Å²) in [5, 5.41) is 5.54. The average Bonchev–Trinajstić information content (AvgIpc) is 2.84. The monoisotopic (exact) mass is 608 g/mol. The molecule has 2 aliphatic rings. The van der Waals surface area contributed by atoms with Gasteiger partial charge in [0.2, 0.25) is 15.9 Å². The minimum Gasteiger partial charge on any atom is -0.341 e. The van der Waals surface area contributed by atoms with Crippen LogP contribution in [0.2, 0.25) is 0 Å². The molecule has 0 saturated carbocycles. The molecular formula is C26H29ClN4O7S2. The lowest BCUT2D eigenvalue weighted by molar-refractivity contribution is -0.133. The fourth-order valence-electron chi connectivity index (χ4n) is 4.84. The largest absolute Gasteiger partial charge is 0.341 e. The summed E-state index contributed by atoms with van der Waals surface area (Å²) in [6.45, 7) is 5.90. The summed E-state index contributed by atoms with van der Waals surface area (Å²) in [4.78, 5) is 40.4. The highest BCUT2D eigenvalue weighted by Gasteiger charge is 2.55. The number of carbonyl (C=O) groups is 3. The number of nitrogens with zero attached hydrogens (tertiary/aromatic N) is 1. The Morgan fingerprint density at radius 1 is 1.15 bits per heavy atom. The molecule has 2 atom stereocenters. The fourth-order valence-corrected chi connectivity index (χ4v) is 6.64. The Balaban J connectivity index is 1.86. The maximum Gasteiger partial charge on any atom is 0.286 e. The highest BCUT2D eigenvalue weighted by Crippen LogP contribution is 2.43. The topological polar surface area (TPSA) is 168 Å². The lowest BCUT2D eigenvalue weighted by Gasteiger charge is -2.42. The second-order valence-electron chi connectivity index (χ2n) is 11.0. The number of carbonyl (C=O) groups excluding carboxylic acids is 3. The van der Waals surface area contributed by atoms with Crippen molar-refractivity contribution in [3.05, 3.63) is 53.6 Å². The van der Waals surface area contributed by atoms with Gasteiger partial charge in [0, 0.05) is 11.3 Å². The van der Waals surface area contributed by atoms with Crippen LogP contribution in [0.3, 0.4) is 0 Å². The molecule has 14 heteroatoms. The zero-order chi connectivity index (χ0) is 29.7. The minimum absolute atomic E-state index is 0.00555. The van der Waals surface area contributed by atoms with Crippen LogP contribution in [0.5, 0.6) is 0 Å².